The van der Waals surface area contributed by atoms with Gasteiger partial charge in [-0.3, -0.25) is 0 Å². The fourth-order valence-corrected chi connectivity index (χ4v) is 2.92. The molecule has 3 aromatic rings. The van der Waals surface area contributed by atoms with Gasteiger partial charge in [-0.2, -0.15) is 0 Å². The summed E-state index contributed by atoms with van der Waals surface area (Å²) in [5.74, 6) is 0.865. The van der Waals surface area contributed by atoms with Gasteiger partial charge in [0, 0.05) is 5.56 Å². The number of benzene rings is 2. The highest BCUT2D eigenvalue weighted by molar-refractivity contribution is 7.21. The molecule has 0 amide bonds. The van der Waals surface area contributed by atoms with Crippen molar-refractivity contribution in [2.24, 2.45) is 0 Å². The average molecular weight is 267 g/mol. The lowest BCUT2D eigenvalue weighted by molar-refractivity contribution is 0.415. The van der Waals surface area contributed by atoms with Gasteiger partial charge in [-0.15, -0.1) is 11.3 Å². The van der Waals surface area contributed by atoms with Gasteiger partial charge in [0.15, 0.2) is 0 Å². The zero-order valence-electron chi connectivity index (χ0n) is 10.6. The van der Waals surface area contributed by atoms with E-state index < -0.39 is 0 Å². The molecule has 0 atom stereocenters. The number of ether oxygens (including phenoxy) is 1. The molecule has 3 rings (SSSR count). The summed E-state index contributed by atoms with van der Waals surface area (Å²) in [6.45, 7) is 3.76. The summed E-state index contributed by atoms with van der Waals surface area (Å²) >= 11 is 1.68. The predicted octanol–water partition coefficient (Wildman–Crippen LogP) is 4.61. The molecule has 2 nitrogen and oxygen atoms in total. The fraction of sp³-hybridized carbons (Fsp3) is 0.0625. The van der Waals surface area contributed by atoms with Crippen molar-refractivity contribution in [2.45, 2.75) is 0 Å². The number of methoxy groups -OCH3 is 1. The molecule has 0 aliphatic heterocycles. The van der Waals surface area contributed by atoms with Crippen molar-refractivity contribution >= 4 is 27.6 Å². The van der Waals surface area contributed by atoms with Crippen molar-refractivity contribution in [3.05, 3.63) is 54.6 Å². The maximum Gasteiger partial charge on any atom is 0.124 e. The summed E-state index contributed by atoms with van der Waals surface area (Å²) in [4.78, 5) is 4.65. The van der Waals surface area contributed by atoms with E-state index in [-0.39, 0.29) is 0 Å². The molecule has 1 aromatic heterocycles. The van der Waals surface area contributed by atoms with Gasteiger partial charge in [-0.1, -0.05) is 36.9 Å². The molecule has 0 aliphatic carbocycles. The molecule has 3 heteroatoms. The number of hydrogen-bond acceptors (Lipinski definition) is 3. The highest BCUT2D eigenvalue weighted by Crippen LogP contribution is 2.32. The lowest BCUT2D eigenvalue weighted by Gasteiger charge is -1.96. The topological polar surface area (TPSA) is 22.1 Å². The second kappa shape index (κ2) is 4.86. The Morgan fingerprint density at radius 1 is 1.16 bits per heavy atom. The van der Waals surface area contributed by atoms with Crippen molar-refractivity contribution in [3.8, 4) is 16.3 Å². The van der Waals surface area contributed by atoms with Crippen LogP contribution in [0.3, 0.4) is 0 Å². The van der Waals surface area contributed by atoms with Crippen LogP contribution in [0.25, 0.3) is 26.9 Å². The summed E-state index contributed by atoms with van der Waals surface area (Å²) in [5, 5.41) is 1.03. The van der Waals surface area contributed by atoms with Gasteiger partial charge in [0.2, 0.25) is 0 Å². The van der Waals surface area contributed by atoms with Crippen LogP contribution in [0, 0.1) is 0 Å². The highest BCUT2D eigenvalue weighted by Gasteiger charge is 2.06. The van der Waals surface area contributed by atoms with Crippen LogP contribution in [0.15, 0.2) is 49.0 Å². The van der Waals surface area contributed by atoms with E-state index in [1.165, 1.54) is 0 Å². The molecular weight excluding hydrogens is 254 g/mol. The molecule has 0 bridgehead atoms. The van der Waals surface area contributed by atoms with Gasteiger partial charge >= 0.3 is 0 Å². The number of rotatable bonds is 3. The smallest absolute Gasteiger partial charge is 0.124 e. The molecule has 0 unspecified atom stereocenters. The van der Waals surface area contributed by atoms with Crippen molar-refractivity contribution in [2.75, 3.05) is 7.11 Å². The van der Waals surface area contributed by atoms with Gasteiger partial charge in [0.05, 0.1) is 17.3 Å². The molecule has 94 valence electrons. The van der Waals surface area contributed by atoms with Crippen LogP contribution in [0.2, 0.25) is 0 Å². The number of hydrogen-bond donors (Lipinski definition) is 0. The summed E-state index contributed by atoms with van der Waals surface area (Å²) in [6.07, 6.45) is 1.84. The number of fused-ring (bicyclic) bond motifs is 1. The van der Waals surface area contributed by atoms with E-state index in [4.69, 9.17) is 4.74 Å². The summed E-state index contributed by atoms with van der Waals surface area (Å²) in [5.41, 5.74) is 3.26. The van der Waals surface area contributed by atoms with Crippen LogP contribution in [0.4, 0.5) is 0 Å². The Morgan fingerprint density at radius 2 is 1.95 bits per heavy atom. The van der Waals surface area contributed by atoms with Crippen LogP contribution in [0.5, 0.6) is 5.75 Å². The first-order valence-corrected chi connectivity index (χ1v) is 6.79. The Morgan fingerprint density at radius 3 is 2.63 bits per heavy atom. The number of aromatic nitrogens is 1. The molecule has 0 aliphatic rings. The van der Waals surface area contributed by atoms with E-state index in [1.54, 1.807) is 18.4 Å². The molecule has 19 heavy (non-hydrogen) atoms. The zero-order valence-corrected chi connectivity index (χ0v) is 11.4. The SMILES string of the molecule is C=Cc1ccc(-c2nc3ccc(OC)cc3s2)cc1. The normalized spacial score (nSPS) is 10.6. The third-order valence-corrected chi connectivity index (χ3v) is 4.06. The van der Waals surface area contributed by atoms with E-state index in [9.17, 15) is 0 Å². The first-order valence-electron chi connectivity index (χ1n) is 5.97. The Labute approximate surface area is 116 Å². The second-order valence-electron chi connectivity index (χ2n) is 4.18. The van der Waals surface area contributed by atoms with Crippen molar-refractivity contribution < 1.29 is 4.74 Å². The maximum absolute atomic E-state index is 5.24. The molecule has 0 saturated carbocycles. The predicted molar refractivity (Wildman–Crippen MR) is 81.7 cm³/mol. The third-order valence-electron chi connectivity index (χ3n) is 2.99. The lowest BCUT2D eigenvalue weighted by Crippen LogP contribution is -1.80. The Bertz CT molecular complexity index is 728. The molecule has 1 heterocycles. The average Bonchev–Trinajstić information content (AvgIpc) is 2.90. The van der Waals surface area contributed by atoms with E-state index in [1.807, 2.05) is 24.3 Å². The third kappa shape index (κ3) is 2.25. The Kier molecular flexibility index (Phi) is 3.05. The number of thiazole rings is 1. The van der Waals surface area contributed by atoms with E-state index in [2.05, 4.69) is 35.8 Å². The highest BCUT2D eigenvalue weighted by atomic mass is 32.1. The molecule has 0 fully saturated rings. The van der Waals surface area contributed by atoms with Gasteiger partial charge < -0.3 is 4.74 Å². The van der Waals surface area contributed by atoms with Crippen molar-refractivity contribution in [3.63, 3.8) is 0 Å². The molecule has 0 N–H and O–H groups in total. The van der Waals surface area contributed by atoms with Crippen LogP contribution in [-0.2, 0) is 0 Å². The van der Waals surface area contributed by atoms with Crippen LogP contribution >= 0.6 is 11.3 Å². The first-order chi connectivity index (χ1) is 9.30. The largest absolute Gasteiger partial charge is 0.497 e. The number of nitrogens with zero attached hydrogens (tertiary/aromatic N) is 1. The first kappa shape index (κ1) is 11.9. The maximum atomic E-state index is 5.24. The molecular formula is C16H13NOS. The second-order valence-corrected chi connectivity index (χ2v) is 5.21. The molecule has 0 spiro atoms. The minimum absolute atomic E-state index is 0.865. The molecule has 2 aromatic carbocycles. The van der Waals surface area contributed by atoms with Crippen LogP contribution < -0.4 is 4.74 Å². The monoisotopic (exact) mass is 267 g/mol. The lowest BCUT2D eigenvalue weighted by atomic mass is 10.1. The Hall–Kier alpha value is -2.13. The summed E-state index contributed by atoms with van der Waals surface area (Å²) in [6, 6.07) is 14.2. The standard InChI is InChI=1S/C16H13NOS/c1-3-11-4-6-12(7-5-11)16-17-14-9-8-13(18-2)10-15(14)19-16/h3-10H,1H2,2H3. The molecule has 0 radical (unpaired) electrons. The Balaban J connectivity index is 2.06. The summed E-state index contributed by atoms with van der Waals surface area (Å²) < 4.78 is 6.38. The van der Waals surface area contributed by atoms with Crippen molar-refractivity contribution in [1.29, 1.82) is 0 Å². The quantitative estimate of drug-likeness (QED) is 0.691. The van der Waals surface area contributed by atoms with Crippen LogP contribution in [0.1, 0.15) is 5.56 Å². The van der Waals surface area contributed by atoms with E-state index >= 15 is 0 Å². The minimum Gasteiger partial charge on any atom is -0.497 e. The minimum atomic E-state index is 0.865. The van der Waals surface area contributed by atoms with Gasteiger partial charge in [0.25, 0.3) is 0 Å². The van der Waals surface area contributed by atoms with Crippen molar-refractivity contribution in [1.82, 2.24) is 4.98 Å². The van der Waals surface area contributed by atoms with Crippen LogP contribution in [-0.4, -0.2) is 12.1 Å². The van der Waals surface area contributed by atoms with Gasteiger partial charge in [0.1, 0.15) is 10.8 Å². The van der Waals surface area contributed by atoms with Gasteiger partial charge in [-0.05, 0) is 23.8 Å². The summed E-state index contributed by atoms with van der Waals surface area (Å²) in [7, 11) is 1.68. The fourth-order valence-electron chi connectivity index (χ4n) is 1.92. The van der Waals surface area contributed by atoms with Gasteiger partial charge in [-0.25, -0.2) is 4.98 Å². The van der Waals surface area contributed by atoms with E-state index in [0.29, 0.717) is 0 Å². The van der Waals surface area contributed by atoms with E-state index in [0.717, 1.165) is 32.1 Å². The zero-order chi connectivity index (χ0) is 13.2. The molecule has 0 saturated heterocycles.